The van der Waals surface area contributed by atoms with Gasteiger partial charge in [-0.1, -0.05) is 30.3 Å². The Kier molecular flexibility index (Phi) is 5.76. The molecule has 0 aromatic heterocycles. The Morgan fingerprint density at radius 1 is 1.24 bits per heavy atom. The average Bonchev–Trinajstić information content (AvgIpc) is 2.90. The number of hydrogen-bond donors (Lipinski definition) is 1. The van der Waals surface area contributed by atoms with E-state index in [1.807, 2.05) is 37.2 Å². The van der Waals surface area contributed by atoms with E-state index < -0.39 is 0 Å². The molecule has 1 N–H and O–H groups in total. The minimum absolute atomic E-state index is 0.121. The van der Waals surface area contributed by atoms with E-state index in [4.69, 9.17) is 0 Å². The SMILES string of the molecule is CC1NCCC1C(=O)N(CCN(C)C)Cc1ccccc1. The molecule has 1 aromatic carbocycles. The second-order valence-corrected chi connectivity index (χ2v) is 6.19. The van der Waals surface area contributed by atoms with Crippen molar-refractivity contribution in [2.75, 3.05) is 33.7 Å². The molecule has 0 radical (unpaired) electrons. The Morgan fingerprint density at radius 3 is 2.52 bits per heavy atom. The highest BCUT2D eigenvalue weighted by Crippen LogP contribution is 2.19. The van der Waals surface area contributed by atoms with Crippen molar-refractivity contribution in [3.63, 3.8) is 0 Å². The summed E-state index contributed by atoms with van der Waals surface area (Å²) >= 11 is 0. The lowest BCUT2D eigenvalue weighted by Crippen LogP contribution is -2.42. The highest BCUT2D eigenvalue weighted by molar-refractivity contribution is 5.80. The first-order valence-corrected chi connectivity index (χ1v) is 7.78. The Hall–Kier alpha value is -1.39. The van der Waals surface area contributed by atoms with Gasteiger partial charge in [0.15, 0.2) is 0 Å². The lowest BCUT2D eigenvalue weighted by atomic mass is 10.00. The van der Waals surface area contributed by atoms with Crippen LogP contribution >= 0.6 is 0 Å². The fourth-order valence-corrected chi connectivity index (χ4v) is 2.82. The van der Waals surface area contributed by atoms with Crippen LogP contribution in [-0.2, 0) is 11.3 Å². The molecular weight excluding hydrogens is 262 g/mol. The van der Waals surface area contributed by atoms with Crippen LogP contribution in [0.2, 0.25) is 0 Å². The average molecular weight is 289 g/mol. The zero-order chi connectivity index (χ0) is 15.2. The van der Waals surface area contributed by atoms with E-state index in [1.54, 1.807) is 0 Å². The normalized spacial score (nSPS) is 21.7. The van der Waals surface area contributed by atoms with E-state index >= 15 is 0 Å². The van der Waals surface area contributed by atoms with Crippen molar-refractivity contribution < 1.29 is 4.79 Å². The van der Waals surface area contributed by atoms with Crippen molar-refractivity contribution >= 4 is 5.91 Å². The van der Waals surface area contributed by atoms with Crippen LogP contribution < -0.4 is 5.32 Å². The first-order chi connectivity index (χ1) is 10.1. The summed E-state index contributed by atoms with van der Waals surface area (Å²) < 4.78 is 0. The number of amides is 1. The van der Waals surface area contributed by atoms with Crippen molar-refractivity contribution in [2.24, 2.45) is 5.92 Å². The third-order valence-electron chi connectivity index (χ3n) is 4.19. The van der Waals surface area contributed by atoms with Gasteiger partial charge in [0.25, 0.3) is 0 Å². The van der Waals surface area contributed by atoms with Crippen LogP contribution in [0.4, 0.5) is 0 Å². The minimum Gasteiger partial charge on any atom is -0.337 e. The lowest BCUT2D eigenvalue weighted by Gasteiger charge is -2.28. The Morgan fingerprint density at radius 2 is 1.95 bits per heavy atom. The molecule has 4 heteroatoms. The van der Waals surface area contributed by atoms with Gasteiger partial charge in [-0.15, -0.1) is 0 Å². The van der Waals surface area contributed by atoms with E-state index in [0.29, 0.717) is 12.5 Å². The van der Waals surface area contributed by atoms with Gasteiger partial charge in [0.05, 0.1) is 5.92 Å². The van der Waals surface area contributed by atoms with Crippen molar-refractivity contribution in [3.8, 4) is 0 Å². The van der Waals surface area contributed by atoms with Gasteiger partial charge in [-0.3, -0.25) is 4.79 Å². The van der Waals surface area contributed by atoms with Crippen LogP contribution in [0.25, 0.3) is 0 Å². The zero-order valence-corrected chi connectivity index (χ0v) is 13.4. The molecule has 0 saturated carbocycles. The highest BCUT2D eigenvalue weighted by atomic mass is 16.2. The minimum atomic E-state index is 0.121. The number of hydrogen-bond acceptors (Lipinski definition) is 3. The third kappa shape index (κ3) is 4.55. The van der Waals surface area contributed by atoms with Crippen LogP contribution in [0, 0.1) is 5.92 Å². The van der Waals surface area contributed by atoms with Crippen LogP contribution in [0.15, 0.2) is 30.3 Å². The zero-order valence-electron chi connectivity index (χ0n) is 13.4. The Labute approximate surface area is 128 Å². The number of nitrogens with zero attached hydrogens (tertiary/aromatic N) is 2. The van der Waals surface area contributed by atoms with Gasteiger partial charge in [0.1, 0.15) is 0 Å². The van der Waals surface area contributed by atoms with Crippen molar-refractivity contribution in [2.45, 2.75) is 25.9 Å². The molecule has 2 unspecified atom stereocenters. The number of nitrogens with one attached hydrogen (secondary N) is 1. The quantitative estimate of drug-likeness (QED) is 0.863. The van der Waals surface area contributed by atoms with Crippen LogP contribution in [0.1, 0.15) is 18.9 Å². The number of carbonyl (C=O) groups is 1. The summed E-state index contributed by atoms with van der Waals surface area (Å²) in [6.45, 7) is 5.44. The van der Waals surface area contributed by atoms with Gasteiger partial charge >= 0.3 is 0 Å². The summed E-state index contributed by atoms with van der Waals surface area (Å²) in [4.78, 5) is 17.0. The van der Waals surface area contributed by atoms with Gasteiger partial charge in [-0.05, 0) is 39.5 Å². The maximum absolute atomic E-state index is 12.8. The van der Waals surface area contributed by atoms with Gasteiger partial charge in [-0.25, -0.2) is 0 Å². The molecule has 116 valence electrons. The van der Waals surface area contributed by atoms with Gasteiger partial charge in [0.2, 0.25) is 5.91 Å². The molecule has 21 heavy (non-hydrogen) atoms. The predicted octanol–water partition coefficient (Wildman–Crippen LogP) is 1.57. The molecule has 0 spiro atoms. The van der Waals surface area contributed by atoms with E-state index in [-0.39, 0.29) is 12.0 Å². The summed E-state index contributed by atoms with van der Waals surface area (Å²) in [6.07, 6.45) is 0.952. The van der Waals surface area contributed by atoms with Gasteiger partial charge < -0.3 is 15.1 Å². The standard InChI is InChI=1S/C17H27N3O/c1-14-16(9-10-18-14)17(21)20(12-11-19(2)3)13-15-7-5-4-6-8-15/h4-8,14,16,18H,9-13H2,1-3H3. The van der Waals surface area contributed by atoms with Crippen LogP contribution in [0.5, 0.6) is 0 Å². The number of likely N-dealkylation sites (N-methyl/N-ethyl adjacent to an activating group) is 1. The largest absolute Gasteiger partial charge is 0.337 e. The summed E-state index contributed by atoms with van der Waals surface area (Å²) in [5, 5.41) is 3.38. The third-order valence-corrected chi connectivity index (χ3v) is 4.19. The van der Waals surface area contributed by atoms with E-state index in [2.05, 4.69) is 29.3 Å². The summed E-state index contributed by atoms with van der Waals surface area (Å²) in [5.74, 6) is 0.411. The fourth-order valence-electron chi connectivity index (χ4n) is 2.82. The molecule has 1 aromatic rings. The fraction of sp³-hybridized carbons (Fsp3) is 0.588. The van der Waals surface area contributed by atoms with E-state index in [9.17, 15) is 4.79 Å². The maximum atomic E-state index is 12.8. The maximum Gasteiger partial charge on any atom is 0.227 e. The summed E-state index contributed by atoms with van der Waals surface area (Å²) in [7, 11) is 4.09. The second kappa shape index (κ2) is 7.57. The highest BCUT2D eigenvalue weighted by Gasteiger charge is 2.32. The molecule has 2 rings (SSSR count). The second-order valence-electron chi connectivity index (χ2n) is 6.19. The van der Waals surface area contributed by atoms with E-state index in [0.717, 1.165) is 26.1 Å². The van der Waals surface area contributed by atoms with E-state index in [1.165, 1.54) is 5.56 Å². The molecule has 0 aliphatic carbocycles. The first-order valence-electron chi connectivity index (χ1n) is 7.78. The van der Waals surface area contributed by atoms with Gasteiger partial charge in [-0.2, -0.15) is 0 Å². The molecule has 1 aliphatic rings. The molecule has 0 bridgehead atoms. The van der Waals surface area contributed by atoms with Crippen molar-refractivity contribution in [3.05, 3.63) is 35.9 Å². The molecule has 1 fully saturated rings. The predicted molar refractivity (Wildman–Crippen MR) is 86.0 cm³/mol. The lowest BCUT2D eigenvalue weighted by molar-refractivity contribution is -0.136. The summed E-state index contributed by atoms with van der Waals surface area (Å²) in [6, 6.07) is 10.5. The monoisotopic (exact) mass is 289 g/mol. The molecular formula is C17H27N3O. The molecule has 4 nitrogen and oxygen atoms in total. The Balaban J connectivity index is 2.05. The molecule has 2 atom stereocenters. The molecule has 1 amide bonds. The molecule has 1 saturated heterocycles. The number of benzene rings is 1. The summed E-state index contributed by atoms with van der Waals surface area (Å²) in [5.41, 5.74) is 1.20. The first kappa shape index (κ1) is 16.0. The molecule has 1 heterocycles. The Bertz CT molecular complexity index is 447. The van der Waals surface area contributed by atoms with Crippen LogP contribution in [-0.4, -0.2) is 55.5 Å². The van der Waals surface area contributed by atoms with Gasteiger partial charge in [0, 0.05) is 25.7 Å². The van der Waals surface area contributed by atoms with Crippen LogP contribution in [0.3, 0.4) is 0 Å². The smallest absolute Gasteiger partial charge is 0.227 e. The number of carbonyl (C=O) groups excluding carboxylic acids is 1. The molecule has 1 aliphatic heterocycles. The topological polar surface area (TPSA) is 35.6 Å². The number of rotatable bonds is 6. The van der Waals surface area contributed by atoms with Crippen molar-refractivity contribution in [1.82, 2.24) is 15.1 Å². The van der Waals surface area contributed by atoms with Crippen molar-refractivity contribution in [1.29, 1.82) is 0 Å².